The molecule has 112 valence electrons. The quantitative estimate of drug-likeness (QED) is 0.757. The van der Waals surface area contributed by atoms with E-state index in [2.05, 4.69) is 21.2 Å². The summed E-state index contributed by atoms with van der Waals surface area (Å²) in [5.41, 5.74) is 0.582. The summed E-state index contributed by atoms with van der Waals surface area (Å²) >= 11 is 3.27. The molecule has 1 N–H and O–H groups in total. The third-order valence-corrected chi connectivity index (χ3v) is 4.89. The topological polar surface area (TPSA) is 66.5 Å². The van der Waals surface area contributed by atoms with E-state index in [9.17, 15) is 13.2 Å². The normalized spacial score (nSPS) is 11.6. The van der Waals surface area contributed by atoms with Crippen LogP contribution in [-0.4, -0.2) is 37.0 Å². The molecule has 0 unspecified atom stereocenters. The summed E-state index contributed by atoms with van der Waals surface area (Å²) in [5, 5.41) is 3.20. The maximum absolute atomic E-state index is 12.5. The number of benzene rings is 1. The van der Waals surface area contributed by atoms with E-state index in [-0.39, 0.29) is 10.8 Å². The molecular formula is C13H19BrN2O3S. The van der Waals surface area contributed by atoms with Gasteiger partial charge in [0.15, 0.2) is 0 Å². The molecule has 0 aliphatic heterocycles. The second kappa shape index (κ2) is 7.75. The molecule has 1 aromatic rings. The van der Waals surface area contributed by atoms with Crippen molar-refractivity contribution in [3.8, 4) is 0 Å². The fraction of sp³-hybridized carbons (Fsp3) is 0.462. The van der Waals surface area contributed by atoms with Crippen LogP contribution in [0.5, 0.6) is 0 Å². The number of nitrogens with zero attached hydrogens (tertiary/aromatic N) is 1. The minimum atomic E-state index is -3.48. The van der Waals surface area contributed by atoms with Gasteiger partial charge in [0.2, 0.25) is 15.9 Å². The van der Waals surface area contributed by atoms with Crippen molar-refractivity contribution in [2.45, 2.75) is 25.2 Å². The molecule has 0 aromatic heterocycles. The van der Waals surface area contributed by atoms with E-state index in [4.69, 9.17) is 0 Å². The standard InChI is InChI=1S/C13H19BrN2O3S/c1-3-9-16(10-8-14)20(18,19)13-6-4-12(5-7-13)15-11(2)17/h4-7H,3,8-10H2,1-2H3,(H,15,17). The smallest absolute Gasteiger partial charge is 0.243 e. The minimum Gasteiger partial charge on any atom is -0.326 e. The first-order valence-corrected chi connectivity index (χ1v) is 8.91. The van der Waals surface area contributed by atoms with Crippen LogP contribution in [0.3, 0.4) is 0 Å². The lowest BCUT2D eigenvalue weighted by atomic mass is 10.3. The first kappa shape index (κ1) is 17.1. The number of hydrogen-bond acceptors (Lipinski definition) is 3. The zero-order chi connectivity index (χ0) is 15.2. The van der Waals surface area contributed by atoms with Gasteiger partial charge in [0.1, 0.15) is 0 Å². The molecule has 0 radical (unpaired) electrons. The van der Waals surface area contributed by atoms with Crippen molar-refractivity contribution < 1.29 is 13.2 Å². The number of anilines is 1. The average Bonchev–Trinajstić information content (AvgIpc) is 2.38. The summed E-state index contributed by atoms with van der Waals surface area (Å²) in [6.07, 6.45) is 0.760. The van der Waals surface area contributed by atoms with Crippen LogP contribution in [0, 0.1) is 0 Å². The molecule has 20 heavy (non-hydrogen) atoms. The Bertz CT molecular complexity index is 537. The molecule has 1 aromatic carbocycles. The van der Waals surface area contributed by atoms with Gasteiger partial charge >= 0.3 is 0 Å². The van der Waals surface area contributed by atoms with Crippen molar-refractivity contribution in [3.05, 3.63) is 24.3 Å². The molecule has 0 heterocycles. The van der Waals surface area contributed by atoms with Crippen molar-refractivity contribution >= 4 is 37.5 Å². The SMILES string of the molecule is CCCN(CCBr)S(=O)(=O)c1ccc(NC(C)=O)cc1. The third kappa shape index (κ3) is 4.57. The van der Waals surface area contributed by atoms with Crippen LogP contribution in [0.2, 0.25) is 0 Å². The lowest BCUT2D eigenvalue weighted by Gasteiger charge is -2.20. The average molecular weight is 363 g/mol. The summed E-state index contributed by atoms with van der Waals surface area (Å²) in [7, 11) is -3.48. The Hall–Kier alpha value is -0.920. The van der Waals surface area contributed by atoms with Crippen LogP contribution in [0.25, 0.3) is 0 Å². The number of halogens is 1. The minimum absolute atomic E-state index is 0.187. The number of carbonyl (C=O) groups excluding carboxylic acids is 1. The lowest BCUT2D eigenvalue weighted by molar-refractivity contribution is -0.114. The Balaban J connectivity index is 2.98. The fourth-order valence-corrected chi connectivity index (χ4v) is 3.95. The maximum Gasteiger partial charge on any atom is 0.243 e. The van der Waals surface area contributed by atoms with Crippen molar-refractivity contribution in [2.24, 2.45) is 0 Å². The number of hydrogen-bond donors (Lipinski definition) is 1. The molecule has 0 saturated carbocycles. The van der Waals surface area contributed by atoms with Gasteiger partial charge in [-0.05, 0) is 30.7 Å². The van der Waals surface area contributed by atoms with E-state index in [0.29, 0.717) is 24.1 Å². The zero-order valence-corrected chi connectivity index (χ0v) is 14.0. The molecule has 0 spiro atoms. The van der Waals surface area contributed by atoms with Crippen LogP contribution in [0.4, 0.5) is 5.69 Å². The van der Waals surface area contributed by atoms with Crippen molar-refractivity contribution in [1.29, 1.82) is 0 Å². The fourth-order valence-electron chi connectivity index (χ4n) is 1.76. The third-order valence-electron chi connectivity index (χ3n) is 2.62. The molecule has 0 atom stereocenters. The second-order valence-electron chi connectivity index (χ2n) is 4.30. The molecule has 1 amide bonds. The number of alkyl halides is 1. The molecule has 0 saturated heterocycles. The number of carbonyl (C=O) groups is 1. The van der Waals surface area contributed by atoms with E-state index >= 15 is 0 Å². The van der Waals surface area contributed by atoms with E-state index < -0.39 is 10.0 Å². The largest absolute Gasteiger partial charge is 0.326 e. The van der Waals surface area contributed by atoms with Gasteiger partial charge in [0, 0.05) is 31.0 Å². The van der Waals surface area contributed by atoms with Crippen molar-refractivity contribution in [3.63, 3.8) is 0 Å². The number of nitrogens with one attached hydrogen (secondary N) is 1. The van der Waals surface area contributed by atoms with Gasteiger partial charge in [-0.1, -0.05) is 22.9 Å². The van der Waals surface area contributed by atoms with Crippen LogP contribution in [0.15, 0.2) is 29.2 Å². The van der Waals surface area contributed by atoms with E-state index in [1.807, 2.05) is 6.92 Å². The van der Waals surface area contributed by atoms with Crippen LogP contribution in [0.1, 0.15) is 20.3 Å². The maximum atomic E-state index is 12.5. The molecule has 1 rings (SSSR count). The molecule has 7 heteroatoms. The highest BCUT2D eigenvalue weighted by Crippen LogP contribution is 2.19. The summed E-state index contributed by atoms with van der Waals surface area (Å²) in [6, 6.07) is 6.20. The van der Waals surface area contributed by atoms with Gasteiger partial charge in [-0.3, -0.25) is 4.79 Å². The van der Waals surface area contributed by atoms with Crippen LogP contribution in [-0.2, 0) is 14.8 Å². The predicted molar refractivity (Wildman–Crippen MR) is 83.6 cm³/mol. The van der Waals surface area contributed by atoms with Gasteiger partial charge < -0.3 is 5.32 Å². The van der Waals surface area contributed by atoms with Gasteiger partial charge in [0.25, 0.3) is 0 Å². The number of sulfonamides is 1. The molecule has 0 aliphatic rings. The van der Waals surface area contributed by atoms with Crippen molar-refractivity contribution in [2.75, 3.05) is 23.7 Å². The Morgan fingerprint density at radius 2 is 1.85 bits per heavy atom. The van der Waals surface area contributed by atoms with Gasteiger partial charge in [0.05, 0.1) is 4.90 Å². The summed E-state index contributed by atoms with van der Waals surface area (Å²) in [4.78, 5) is 11.2. The highest BCUT2D eigenvalue weighted by atomic mass is 79.9. The van der Waals surface area contributed by atoms with Crippen LogP contribution >= 0.6 is 15.9 Å². The van der Waals surface area contributed by atoms with Gasteiger partial charge in [-0.25, -0.2) is 8.42 Å². The molecule has 0 fully saturated rings. The lowest BCUT2D eigenvalue weighted by Crippen LogP contribution is -2.33. The molecule has 0 bridgehead atoms. The number of amides is 1. The first-order chi connectivity index (χ1) is 9.41. The van der Waals surface area contributed by atoms with Gasteiger partial charge in [-0.2, -0.15) is 4.31 Å². The Labute approximate surface area is 128 Å². The predicted octanol–water partition coefficient (Wildman–Crippen LogP) is 2.44. The summed E-state index contributed by atoms with van der Waals surface area (Å²) < 4.78 is 26.4. The molecule has 5 nitrogen and oxygen atoms in total. The molecule has 0 aliphatic carbocycles. The number of rotatable bonds is 7. The van der Waals surface area contributed by atoms with Gasteiger partial charge in [-0.15, -0.1) is 0 Å². The monoisotopic (exact) mass is 362 g/mol. The summed E-state index contributed by atoms with van der Waals surface area (Å²) in [6.45, 7) is 4.27. The van der Waals surface area contributed by atoms with E-state index in [1.165, 1.54) is 23.4 Å². The van der Waals surface area contributed by atoms with Crippen molar-refractivity contribution in [1.82, 2.24) is 4.31 Å². The highest BCUT2D eigenvalue weighted by Gasteiger charge is 2.22. The Morgan fingerprint density at radius 3 is 2.30 bits per heavy atom. The first-order valence-electron chi connectivity index (χ1n) is 6.35. The highest BCUT2D eigenvalue weighted by molar-refractivity contribution is 9.09. The van der Waals surface area contributed by atoms with Crippen LogP contribution < -0.4 is 5.32 Å². The molecular weight excluding hydrogens is 344 g/mol. The van der Waals surface area contributed by atoms with E-state index in [0.717, 1.165) is 6.42 Å². The van der Waals surface area contributed by atoms with E-state index in [1.54, 1.807) is 12.1 Å². The second-order valence-corrected chi connectivity index (χ2v) is 7.03. The zero-order valence-electron chi connectivity index (χ0n) is 11.6. The Morgan fingerprint density at radius 1 is 1.25 bits per heavy atom. The summed E-state index contributed by atoms with van der Waals surface area (Å²) in [5.74, 6) is -0.187. The Kier molecular flexibility index (Phi) is 6.64.